The summed E-state index contributed by atoms with van der Waals surface area (Å²) >= 11 is 0. The van der Waals surface area contributed by atoms with Crippen LogP contribution < -0.4 is 0 Å². The van der Waals surface area contributed by atoms with Gasteiger partial charge in [0.05, 0.1) is 0 Å². The molecule has 1 aromatic carbocycles. The van der Waals surface area contributed by atoms with E-state index in [1.165, 1.54) is 62.5 Å². The molecule has 0 aromatic heterocycles. The Kier molecular flexibility index (Phi) is 8.17. The number of benzene rings is 1. The van der Waals surface area contributed by atoms with Gasteiger partial charge >= 0.3 is 0 Å². The predicted molar refractivity (Wildman–Crippen MR) is 85.5 cm³/mol. The molecule has 2 nitrogen and oxygen atoms in total. The number of aryl methyl sites for hydroxylation is 2. The lowest BCUT2D eigenvalue weighted by molar-refractivity contribution is 0.402. The molecule has 20 heavy (non-hydrogen) atoms. The van der Waals surface area contributed by atoms with Crippen molar-refractivity contribution in [2.45, 2.75) is 78.1 Å². The summed E-state index contributed by atoms with van der Waals surface area (Å²) in [4.78, 5) is 0. The molecule has 1 aromatic rings. The summed E-state index contributed by atoms with van der Waals surface area (Å²) in [5.74, 6) is 0.0422. The molecule has 114 valence electrons. The van der Waals surface area contributed by atoms with Gasteiger partial charge < -0.3 is 10.2 Å². The molecule has 0 bridgehead atoms. The van der Waals surface area contributed by atoms with Crippen LogP contribution >= 0.6 is 0 Å². The monoisotopic (exact) mass is 278 g/mol. The summed E-state index contributed by atoms with van der Waals surface area (Å²) in [5.41, 5.74) is 2.43. The number of aromatic hydroxyl groups is 2. The van der Waals surface area contributed by atoms with Gasteiger partial charge in [-0.2, -0.15) is 0 Å². The van der Waals surface area contributed by atoms with Crippen LogP contribution in [0.2, 0.25) is 0 Å². The molecule has 0 amide bonds. The molecular formula is C18H30O2. The first kappa shape index (κ1) is 16.9. The molecular weight excluding hydrogens is 248 g/mol. The summed E-state index contributed by atoms with van der Waals surface area (Å²) < 4.78 is 0. The molecule has 0 unspecified atom stereocenters. The van der Waals surface area contributed by atoms with Gasteiger partial charge in [0.2, 0.25) is 0 Å². The van der Waals surface area contributed by atoms with Crippen LogP contribution in [-0.4, -0.2) is 10.2 Å². The normalized spacial score (nSPS) is 10.9. The maximum atomic E-state index is 9.69. The Morgan fingerprint density at radius 3 is 1.40 bits per heavy atom. The standard InChI is InChI=1S/C18H30O2/c1-3-5-7-9-11-15-13-17(19)18(20)14-16(15)12-10-8-6-4-2/h13-14,19-20H,3-12H2,1-2H3. The van der Waals surface area contributed by atoms with Crippen LogP contribution in [0.3, 0.4) is 0 Å². The Bertz CT molecular complexity index is 348. The fourth-order valence-electron chi connectivity index (χ4n) is 2.61. The van der Waals surface area contributed by atoms with Crippen LogP contribution in [0.25, 0.3) is 0 Å². The smallest absolute Gasteiger partial charge is 0.157 e. The van der Waals surface area contributed by atoms with Gasteiger partial charge in [0.1, 0.15) is 0 Å². The highest BCUT2D eigenvalue weighted by Gasteiger charge is 2.08. The molecule has 0 spiro atoms. The van der Waals surface area contributed by atoms with Crippen LogP contribution in [-0.2, 0) is 12.8 Å². The van der Waals surface area contributed by atoms with E-state index in [4.69, 9.17) is 0 Å². The Labute approximate surface area is 123 Å². The summed E-state index contributed by atoms with van der Waals surface area (Å²) in [5, 5.41) is 19.4. The second kappa shape index (κ2) is 9.68. The van der Waals surface area contributed by atoms with Gasteiger partial charge in [0, 0.05) is 0 Å². The SMILES string of the molecule is CCCCCCc1cc(O)c(O)cc1CCCCCC. The predicted octanol–water partition coefficient (Wildman–Crippen LogP) is 5.34. The van der Waals surface area contributed by atoms with Crippen LogP contribution in [0, 0.1) is 0 Å². The average molecular weight is 278 g/mol. The van der Waals surface area contributed by atoms with Crippen molar-refractivity contribution in [2.24, 2.45) is 0 Å². The Morgan fingerprint density at radius 1 is 0.650 bits per heavy atom. The summed E-state index contributed by atoms with van der Waals surface area (Å²) in [7, 11) is 0. The van der Waals surface area contributed by atoms with Gasteiger partial charge in [-0.15, -0.1) is 0 Å². The van der Waals surface area contributed by atoms with Crippen molar-refractivity contribution in [2.75, 3.05) is 0 Å². The largest absolute Gasteiger partial charge is 0.504 e. The first-order chi connectivity index (χ1) is 9.69. The van der Waals surface area contributed by atoms with Crippen molar-refractivity contribution in [1.29, 1.82) is 0 Å². The van der Waals surface area contributed by atoms with Gasteiger partial charge in [-0.25, -0.2) is 0 Å². The summed E-state index contributed by atoms with van der Waals surface area (Å²) in [6.07, 6.45) is 11.9. The molecule has 2 N–H and O–H groups in total. The highest BCUT2D eigenvalue weighted by molar-refractivity contribution is 5.45. The lowest BCUT2D eigenvalue weighted by Crippen LogP contribution is -1.96. The average Bonchev–Trinajstić information content (AvgIpc) is 2.44. The van der Waals surface area contributed by atoms with Crippen LogP contribution in [0.4, 0.5) is 0 Å². The van der Waals surface area contributed by atoms with E-state index in [0.717, 1.165) is 12.8 Å². The van der Waals surface area contributed by atoms with E-state index < -0.39 is 0 Å². The van der Waals surface area contributed by atoms with E-state index in [9.17, 15) is 10.2 Å². The van der Waals surface area contributed by atoms with Gasteiger partial charge in [-0.05, 0) is 48.9 Å². The van der Waals surface area contributed by atoms with Crippen molar-refractivity contribution in [1.82, 2.24) is 0 Å². The lowest BCUT2D eigenvalue weighted by Gasteiger charge is -2.11. The minimum Gasteiger partial charge on any atom is -0.504 e. The Morgan fingerprint density at radius 2 is 1.05 bits per heavy atom. The Balaban J connectivity index is 2.61. The molecule has 0 atom stereocenters. The van der Waals surface area contributed by atoms with E-state index in [-0.39, 0.29) is 11.5 Å². The first-order valence-electron chi connectivity index (χ1n) is 8.22. The highest BCUT2D eigenvalue weighted by Crippen LogP contribution is 2.30. The second-order valence-corrected chi connectivity index (χ2v) is 5.73. The van der Waals surface area contributed by atoms with Gasteiger partial charge in [-0.3, -0.25) is 0 Å². The summed E-state index contributed by atoms with van der Waals surface area (Å²) in [6.45, 7) is 4.43. The van der Waals surface area contributed by atoms with Crippen LogP contribution in [0.5, 0.6) is 11.5 Å². The molecule has 0 aliphatic carbocycles. The Hall–Kier alpha value is -1.18. The molecule has 1 rings (SSSR count). The molecule has 0 aliphatic rings. The van der Waals surface area contributed by atoms with Gasteiger partial charge in [0.15, 0.2) is 11.5 Å². The molecule has 0 saturated heterocycles. The topological polar surface area (TPSA) is 40.5 Å². The number of phenolic OH excluding ortho intramolecular Hbond substituents is 2. The fraction of sp³-hybridized carbons (Fsp3) is 0.667. The minimum atomic E-state index is 0.0211. The third-order valence-corrected chi connectivity index (χ3v) is 3.90. The molecule has 0 radical (unpaired) electrons. The van der Waals surface area contributed by atoms with Crippen molar-refractivity contribution >= 4 is 0 Å². The fourth-order valence-corrected chi connectivity index (χ4v) is 2.61. The molecule has 0 saturated carbocycles. The second-order valence-electron chi connectivity index (χ2n) is 5.73. The van der Waals surface area contributed by atoms with Crippen molar-refractivity contribution in [3.05, 3.63) is 23.3 Å². The zero-order valence-electron chi connectivity index (χ0n) is 13.1. The van der Waals surface area contributed by atoms with Crippen LogP contribution in [0.1, 0.15) is 76.3 Å². The van der Waals surface area contributed by atoms with Crippen molar-refractivity contribution in [3.8, 4) is 11.5 Å². The number of phenols is 2. The highest BCUT2D eigenvalue weighted by atomic mass is 16.3. The maximum absolute atomic E-state index is 9.69. The van der Waals surface area contributed by atoms with E-state index in [2.05, 4.69) is 13.8 Å². The van der Waals surface area contributed by atoms with Gasteiger partial charge in [-0.1, -0.05) is 52.4 Å². The zero-order valence-corrected chi connectivity index (χ0v) is 13.1. The number of rotatable bonds is 10. The lowest BCUT2D eigenvalue weighted by atomic mass is 9.96. The molecule has 0 aliphatic heterocycles. The van der Waals surface area contributed by atoms with Crippen molar-refractivity contribution in [3.63, 3.8) is 0 Å². The summed E-state index contributed by atoms with van der Waals surface area (Å²) in [6, 6.07) is 3.52. The molecule has 0 fully saturated rings. The number of unbranched alkanes of at least 4 members (excludes halogenated alkanes) is 6. The zero-order chi connectivity index (χ0) is 14.8. The number of hydrogen-bond acceptors (Lipinski definition) is 2. The minimum absolute atomic E-state index is 0.0211. The van der Waals surface area contributed by atoms with Gasteiger partial charge in [0.25, 0.3) is 0 Å². The van der Waals surface area contributed by atoms with E-state index in [0.29, 0.717) is 0 Å². The maximum Gasteiger partial charge on any atom is 0.157 e. The quantitative estimate of drug-likeness (QED) is 0.448. The third-order valence-electron chi connectivity index (χ3n) is 3.90. The molecule has 2 heteroatoms. The van der Waals surface area contributed by atoms with E-state index in [1.807, 2.05) is 0 Å². The van der Waals surface area contributed by atoms with E-state index >= 15 is 0 Å². The molecule has 0 heterocycles. The first-order valence-corrected chi connectivity index (χ1v) is 8.22. The third kappa shape index (κ3) is 5.85. The van der Waals surface area contributed by atoms with Crippen molar-refractivity contribution < 1.29 is 10.2 Å². The van der Waals surface area contributed by atoms with Crippen LogP contribution in [0.15, 0.2) is 12.1 Å². The number of hydrogen-bond donors (Lipinski definition) is 2. The van der Waals surface area contributed by atoms with E-state index in [1.54, 1.807) is 12.1 Å².